The summed E-state index contributed by atoms with van der Waals surface area (Å²) in [5.74, 6) is 1.06. The van der Waals surface area contributed by atoms with E-state index >= 15 is 0 Å². The van der Waals surface area contributed by atoms with Crippen LogP contribution < -0.4 is 0 Å². The van der Waals surface area contributed by atoms with Crippen LogP contribution in [-0.4, -0.2) is 6.61 Å². The lowest BCUT2D eigenvalue weighted by Gasteiger charge is -2.09. The lowest BCUT2D eigenvalue weighted by Crippen LogP contribution is -1.95. The van der Waals surface area contributed by atoms with E-state index in [9.17, 15) is 0 Å². The van der Waals surface area contributed by atoms with Gasteiger partial charge >= 0.3 is 0 Å². The molecule has 0 unspecified atom stereocenters. The lowest BCUT2D eigenvalue weighted by molar-refractivity contribution is 0.216. The van der Waals surface area contributed by atoms with Crippen LogP contribution in [0, 0.1) is 0 Å². The van der Waals surface area contributed by atoms with Gasteiger partial charge in [0, 0.05) is 0 Å². The van der Waals surface area contributed by atoms with Crippen molar-refractivity contribution >= 4 is 0 Å². The number of rotatable bonds is 6. The van der Waals surface area contributed by atoms with Gasteiger partial charge in [-0.25, -0.2) is 0 Å². The van der Waals surface area contributed by atoms with E-state index in [1.165, 1.54) is 12.8 Å². The molecule has 0 spiro atoms. The van der Waals surface area contributed by atoms with Crippen molar-refractivity contribution in [2.24, 2.45) is 0 Å². The third kappa shape index (κ3) is 4.90. The molecule has 0 aromatic carbocycles. The van der Waals surface area contributed by atoms with Crippen molar-refractivity contribution in [2.75, 3.05) is 6.61 Å². The summed E-state index contributed by atoms with van der Waals surface area (Å²) in [6.45, 7) is 2.92. The van der Waals surface area contributed by atoms with Gasteiger partial charge in [0.05, 0.1) is 6.61 Å². The van der Waals surface area contributed by atoms with Crippen LogP contribution in [0.5, 0.6) is 0 Å². The minimum atomic E-state index is 0.855. The molecular formula is C13H20O. The Hall–Kier alpha value is -0.980. The van der Waals surface area contributed by atoms with Crippen molar-refractivity contribution in [1.82, 2.24) is 0 Å². The van der Waals surface area contributed by atoms with Crippen molar-refractivity contribution < 1.29 is 4.74 Å². The van der Waals surface area contributed by atoms with Crippen LogP contribution in [0.1, 0.15) is 39.0 Å². The molecule has 0 saturated heterocycles. The summed E-state index contributed by atoms with van der Waals surface area (Å²) in [5.41, 5.74) is 0. The first-order valence-corrected chi connectivity index (χ1v) is 5.54. The summed E-state index contributed by atoms with van der Waals surface area (Å²) < 4.78 is 5.61. The summed E-state index contributed by atoms with van der Waals surface area (Å²) in [6, 6.07) is 0. The highest BCUT2D eigenvalue weighted by atomic mass is 16.5. The predicted octanol–water partition coefficient (Wildman–Crippen LogP) is 3.98. The molecule has 0 saturated carbocycles. The Kier molecular flexibility index (Phi) is 5.89. The quantitative estimate of drug-likeness (QED) is 0.457. The molecule has 0 aliphatic heterocycles. The molecule has 0 aromatic rings. The molecule has 1 aliphatic rings. The third-order valence-electron chi connectivity index (χ3n) is 2.23. The molecule has 14 heavy (non-hydrogen) atoms. The largest absolute Gasteiger partial charge is 0.494 e. The second kappa shape index (κ2) is 7.43. The van der Waals surface area contributed by atoms with E-state index in [1.807, 2.05) is 0 Å². The summed E-state index contributed by atoms with van der Waals surface area (Å²) in [7, 11) is 0. The van der Waals surface area contributed by atoms with E-state index in [4.69, 9.17) is 4.74 Å². The van der Waals surface area contributed by atoms with Gasteiger partial charge in [0.1, 0.15) is 5.76 Å². The highest BCUT2D eigenvalue weighted by Gasteiger charge is 1.96. The predicted molar refractivity (Wildman–Crippen MR) is 61.1 cm³/mol. The fourth-order valence-electron chi connectivity index (χ4n) is 1.42. The minimum Gasteiger partial charge on any atom is -0.494 e. The van der Waals surface area contributed by atoms with Crippen LogP contribution in [0.4, 0.5) is 0 Å². The highest BCUT2D eigenvalue weighted by Crippen LogP contribution is 2.11. The Balaban J connectivity index is 1.98. The lowest BCUT2D eigenvalue weighted by atomic mass is 10.2. The number of allylic oxidation sites excluding steroid dienone is 5. The standard InChI is InChI=1S/C13H20O/c1-2-3-4-5-9-12-14-13-10-7-6-8-11-13/h2-3,7,10-11H,4-6,8-9,12H2,1H3/b3-2+. The Morgan fingerprint density at radius 3 is 3.00 bits per heavy atom. The Bertz CT molecular complexity index is 223. The van der Waals surface area contributed by atoms with E-state index in [0.29, 0.717) is 0 Å². The van der Waals surface area contributed by atoms with E-state index < -0.39 is 0 Å². The van der Waals surface area contributed by atoms with Crippen molar-refractivity contribution in [3.8, 4) is 0 Å². The zero-order valence-electron chi connectivity index (χ0n) is 9.04. The van der Waals surface area contributed by atoms with Gasteiger partial charge < -0.3 is 4.74 Å². The van der Waals surface area contributed by atoms with Crippen molar-refractivity contribution in [3.05, 3.63) is 36.1 Å². The van der Waals surface area contributed by atoms with Gasteiger partial charge in [0.25, 0.3) is 0 Å². The molecule has 1 rings (SSSR count). The second-order valence-corrected chi connectivity index (χ2v) is 3.50. The molecule has 0 radical (unpaired) electrons. The minimum absolute atomic E-state index is 0.855. The van der Waals surface area contributed by atoms with Crippen molar-refractivity contribution in [2.45, 2.75) is 39.0 Å². The summed E-state index contributed by atoms with van der Waals surface area (Å²) in [5, 5.41) is 0. The molecule has 0 heterocycles. The molecule has 0 N–H and O–H groups in total. The molecular weight excluding hydrogens is 172 g/mol. The first-order valence-electron chi connectivity index (χ1n) is 5.54. The fourth-order valence-corrected chi connectivity index (χ4v) is 1.42. The van der Waals surface area contributed by atoms with E-state index in [1.54, 1.807) is 0 Å². The highest BCUT2D eigenvalue weighted by molar-refractivity contribution is 5.15. The first kappa shape index (κ1) is 11.1. The summed E-state index contributed by atoms with van der Waals surface area (Å²) in [6.07, 6.45) is 16.6. The molecule has 1 heteroatoms. The van der Waals surface area contributed by atoms with E-state index in [-0.39, 0.29) is 0 Å². The number of unbranched alkanes of at least 4 members (excludes halogenated alkanes) is 2. The SMILES string of the molecule is C/C=C/CCCCOC1=CCCC=C1. The molecule has 1 aliphatic carbocycles. The molecule has 1 nitrogen and oxygen atoms in total. The maximum atomic E-state index is 5.61. The van der Waals surface area contributed by atoms with Gasteiger partial charge in [0.2, 0.25) is 0 Å². The van der Waals surface area contributed by atoms with E-state index in [2.05, 4.69) is 37.3 Å². The number of ether oxygens (including phenoxy) is 1. The van der Waals surface area contributed by atoms with Gasteiger partial charge in [-0.05, 0) is 51.2 Å². The normalized spacial score (nSPS) is 15.9. The average molecular weight is 192 g/mol. The smallest absolute Gasteiger partial charge is 0.114 e. The van der Waals surface area contributed by atoms with Crippen LogP contribution in [0.2, 0.25) is 0 Å². The monoisotopic (exact) mass is 192 g/mol. The number of hydrogen-bond acceptors (Lipinski definition) is 1. The topological polar surface area (TPSA) is 9.23 Å². The van der Waals surface area contributed by atoms with Crippen LogP contribution in [0.15, 0.2) is 36.1 Å². The summed E-state index contributed by atoms with van der Waals surface area (Å²) >= 11 is 0. The fraction of sp³-hybridized carbons (Fsp3) is 0.538. The third-order valence-corrected chi connectivity index (χ3v) is 2.23. The molecule has 0 amide bonds. The van der Waals surface area contributed by atoms with Crippen LogP contribution in [0.3, 0.4) is 0 Å². The number of hydrogen-bond donors (Lipinski definition) is 0. The molecule has 0 aromatic heterocycles. The summed E-state index contributed by atoms with van der Waals surface area (Å²) in [4.78, 5) is 0. The van der Waals surface area contributed by atoms with E-state index in [0.717, 1.165) is 31.6 Å². The van der Waals surface area contributed by atoms with Gasteiger partial charge in [-0.15, -0.1) is 0 Å². The van der Waals surface area contributed by atoms with Crippen LogP contribution in [0.25, 0.3) is 0 Å². The van der Waals surface area contributed by atoms with Gasteiger partial charge in [0.15, 0.2) is 0 Å². The van der Waals surface area contributed by atoms with Gasteiger partial charge in [-0.1, -0.05) is 18.2 Å². The zero-order chi connectivity index (χ0) is 10.1. The maximum Gasteiger partial charge on any atom is 0.114 e. The van der Waals surface area contributed by atoms with Crippen molar-refractivity contribution in [3.63, 3.8) is 0 Å². The molecule has 0 fully saturated rings. The second-order valence-electron chi connectivity index (χ2n) is 3.50. The maximum absolute atomic E-state index is 5.61. The Morgan fingerprint density at radius 2 is 2.29 bits per heavy atom. The average Bonchev–Trinajstić information content (AvgIpc) is 2.25. The molecule has 0 atom stereocenters. The zero-order valence-corrected chi connectivity index (χ0v) is 9.04. The first-order chi connectivity index (χ1) is 6.93. The van der Waals surface area contributed by atoms with Gasteiger partial charge in [-0.3, -0.25) is 0 Å². The van der Waals surface area contributed by atoms with Crippen LogP contribution in [-0.2, 0) is 4.74 Å². The van der Waals surface area contributed by atoms with Gasteiger partial charge in [-0.2, -0.15) is 0 Å². The Labute approximate surface area is 87.2 Å². The van der Waals surface area contributed by atoms with Crippen LogP contribution >= 0.6 is 0 Å². The van der Waals surface area contributed by atoms with Crippen molar-refractivity contribution in [1.29, 1.82) is 0 Å². The molecule has 78 valence electrons. The Morgan fingerprint density at radius 1 is 1.36 bits per heavy atom. The molecule has 0 bridgehead atoms.